The Morgan fingerprint density at radius 3 is 2.46 bits per heavy atom. The zero-order valence-electron chi connectivity index (χ0n) is 15.8. The number of hydrogen-bond acceptors (Lipinski definition) is 5. The summed E-state index contributed by atoms with van der Waals surface area (Å²) in [6, 6.07) is 8.50. The zero-order valence-corrected chi connectivity index (χ0v) is 18.9. The molecule has 5 nitrogen and oxygen atoms in total. The zero-order chi connectivity index (χ0) is 18.8. The fraction of sp³-hybridized carbons (Fsp3) is 0.474. The second-order valence-corrected chi connectivity index (χ2v) is 8.45. The van der Waals surface area contributed by atoms with Gasteiger partial charge in [0.1, 0.15) is 16.8 Å². The summed E-state index contributed by atoms with van der Waals surface area (Å²) in [7, 11) is 0. The highest BCUT2D eigenvalue weighted by Gasteiger charge is 2.20. The third-order valence-corrected chi connectivity index (χ3v) is 6.75. The lowest BCUT2D eigenvalue weighted by molar-refractivity contribution is 0.251. The molecule has 1 aromatic carbocycles. The van der Waals surface area contributed by atoms with Crippen molar-refractivity contribution in [3.63, 3.8) is 0 Å². The number of halogens is 3. The number of aromatic nitrogens is 3. The van der Waals surface area contributed by atoms with E-state index in [4.69, 9.17) is 23.2 Å². The number of fused-ring (bicyclic) bond motifs is 1. The van der Waals surface area contributed by atoms with Crippen molar-refractivity contribution in [1.29, 1.82) is 0 Å². The highest BCUT2D eigenvalue weighted by molar-refractivity contribution is 7.13. The van der Waals surface area contributed by atoms with Crippen LogP contribution < -0.4 is 4.90 Å². The summed E-state index contributed by atoms with van der Waals surface area (Å²) in [6.07, 6.45) is 2.22. The molecule has 4 rings (SSSR count). The normalized spacial score (nSPS) is 15.2. The van der Waals surface area contributed by atoms with Crippen LogP contribution in [0.25, 0.3) is 10.1 Å². The molecular weight excluding hydrogens is 437 g/mol. The molecule has 0 amide bonds. The molecule has 152 valence electrons. The maximum Gasteiger partial charge on any atom is 0.166 e. The van der Waals surface area contributed by atoms with Gasteiger partial charge >= 0.3 is 0 Å². The Morgan fingerprint density at radius 1 is 1.04 bits per heavy atom. The van der Waals surface area contributed by atoms with Crippen molar-refractivity contribution in [3.05, 3.63) is 40.4 Å². The average molecular weight is 461 g/mol. The van der Waals surface area contributed by atoms with Crippen LogP contribution in [0.15, 0.2) is 24.3 Å². The highest BCUT2D eigenvalue weighted by atomic mass is 35.5. The number of benzene rings is 1. The van der Waals surface area contributed by atoms with E-state index < -0.39 is 0 Å². The first-order chi connectivity index (χ1) is 13.1. The number of piperazine rings is 1. The predicted octanol–water partition coefficient (Wildman–Crippen LogP) is 5.13. The van der Waals surface area contributed by atoms with E-state index in [1.54, 1.807) is 11.5 Å². The van der Waals surface area contributed by atoms with E-state index in [1.165, 1.54) is 10.1 Å². The molecule has 2 aromatic heterocycles. The number of aryl methyl sites for hydroxylation is 1. The fourth-order valence-electron chi connectivity index (χ4n) is 3.65. The molecule has 1 saturated heterocycles. The quantitative estimate of drug-likeness (QED) is 0.478. The SMILES string of the molecule is Cc1nc(Cl)c(Cl)n1CCCCN1CCN(c2nsc3ccccc23)CC1.Cl. The van der Waals surface area contributed by atoms with Crippen LogP contribution >= 0.6 is 47.1 Å². The molecule has 0 radical (unpaired) electrons. The van der Waals surface area contributed by atoms with Crippen LogP contribution in [-0.2, 0) is 6.54 Å². The Kier molecular flexibility index (Phi) is 7.45. The Morgan fingerprint density at radius 2 is 1.75 bits per heavy atom. The summed E-state index contributed by atoms with van der Waals surface area (Å²) < 4.78 is 7.95. The standard InChI is InChI=1S/C19H23Cl2N5S.ClH/c1-14-22-17(20)18(21)26(14)9-5-4-8-24-10-12-25(13-11-24)19-15-6-2-3-7-16(15)27-23-19;/h2-3,6-7H,4-5,8-13H2,1H3;1H. The van der Waals surface area contributed by atoms with Crippen LogP contribution in [0.4, 0.5) is 5.82 Å². The number of rotatable bonds is 6. The van der Waals surface area contributed by atoms with E-state index in [9.17, 15) is 0 Å². The van der Waals surface area contributed by atoms with Crippen molar-refractivity contribution < 1.29 is 0 Å². The summed E-state index contributed by atoms with van der Waals surface area (Å²) in [5, 5.41) is 2.24. The van der Waals surface area contributed by atoms with E-state index >= 15 is 0 Å². The van der Waals surface area contributed by atoms with Crippen molar-refractivity contribution in [3.8, 4) is 0 Å². The molecule has 1 aliphatic rings. The molecule has 9 heteroatoms. The number of imidazole rings is 1. The van der Waals surface area contributed by atoms with E-state index in [1.807, 2.05) is 11.5 Å². The fourth-order valence-corrected chi connectivity index (χ4v) is 4.92. The van der Waals surface area contributed by atoms with Gasteiger partial charge in [-0.2, -0.15) is 4.37 Å². The molecule has 28 heavy (non-hydrogen) atoms. The predicted molar refractivity (Wildman–Crippen MR) is 122 cm³/mol. The minimum Gasteiger partial charge on any atom is -0.353 e. The van der Waals surface area contributed by atoms with Gasteiger partial charge in [0.25, 0.3) is 0 Å². The lowest BCUT2D eigenvalue weighted by Gasteiger charge is -2.35. The first kappa shape index (κ1) is 21.7. The first-order valence-corrected chi connectivity index (χ1v) is 10.9. The van der Waals surface area contributed by atoms with Gasteiger partial charge < -0.3 is 9.47 Å². The summed E-state index contributed by atoms with van der Waals surface area (Å²) >= 11 is 13.8. The van der Waals surface area contributed by atoms with Crippen molar-refractivity contribution in [2.75, 3.05) is 37.6 Å². The van der Waals surface area contributed by atoms with Crippen LogP contribution in [-0.4, -0.2) is 51.5 Å². The lowest BCUT2D eigenvalue weighted by Crippen LogP contribution is -2.46. The number of unbranched alkanes of at least 4 members (excludes halogenated alkanes) is 1. The second-order valence-electron chi connectivity index (χ2n) is 6.93. The van der Waals surface area contributed by atoms with Gasteiger partial charge in [-0.25, -0.2) is 4.98 Å². The molecule has 3 aromatic rings. The number of hydrogen-bond donors (Lipinski definition) is 0. The second kappa shape index (κ2) is 9.63. The molecule has 0 atom stereocenters. The molecular formula is C19H24Cl3N5S. The van der Waals surface area contributed by atoms with Crippen molar-refractivity contribution in [2.45, 2.75) is 26.3 Å². The van der Waals surface area contributed by atoms with E-state index in [2.05, 4.69) is 43.4 Å². The van der Waals surface area contributed by atoms with Gasteiger partial charge in [0.2, 0.25) is 0 Å². The minimum absolute atomic E-state index is 0. The maximum absolute atomic E-state index is 6.20. The first-order valence-electron chi connectivity index (χ1n) is 9.33. The molecule has 0 aliphatic carbocycles. The summed E-state index contributed by atoms with van der Waals surface area (Å²) in [6.45, 7) is 8.18. The molecule has 0 saturated carbocycles. The minimum atomic E-state index is 0. The number of anilines is 1. The van der Waals surface area contributed by atoms with Crippen molar-refractivity contribution in [1.82, 2.24) is 18.8 Å². The molecule has 1 fully saturated rings. The maximum atomic E-state index is 6.20. The molecule has 0 N–H and O–H groups in total. The molecule has 0 unspecified atom stereocenters. The van der Waals surface area contributed by atoms with E-state index in [-0.39, 0.29) is 12.4 Å². The Balaban J connectivity index is 0.00000225. The number of nitrogens with zero attached hydrogens (tertiary/aromatic N) is 5. The monoisotopic (exact) mass is 459 g/mol. The Hall–Kier alpha value is -1.05. The summed E-state index contributed by atoms with van der Waals surface area (Å²) in [5.74, 6) is 2.03. The van der Waals surface area contributed by atoms with Gasteiger partial charge in [-0.3, -0.25) is 4.90 Å². The molecule has 1 aliphatic heterocycles. The molecule has 3 heterocycles. The van der Waals surface area contributed by atoms with E-state index in [0.717, 1.165) is 63.8 Å². The molecule has 0 bridgehead atoms. The third kappa shape index (κ3) is 4.57. The van der Waals surface area contributed by atoms with Crippen LogP contribution in [0, 0.1) is 6.92 Å². The van der Waals surface area contributed by atoms with Crippen molar-refractivity contribution in [2.24, 2.45) is 0 Å². The van der Waals surface area contributed by atoms with Gasteiger partial charge in [0.15, 0.2) is 5.15 Å². The summed E-state index contributed by atoms with van der Waals surface area (Å²) in [5.41, 5.74) is 0. The third-order valence-electron chi connectivity index (χ3n) is 5.19. The van der Waals surface area contributed by atoms with Crippen LogP contribution in [0.3, 0.4) is 0 Å². The largest absolute Gasteiger partial charge is 0.353 e. The van der Waals surface area contributed by atoms with Gasteiger partial charge in [-0.15, -0.1) is 12.4 Å². The van der Waals surface area contributed by atoms with Gasteiger partial charge in [-0.1, -0.05) is 35.3 Å². The van der Waals surface area contributed by atoms with Crippen LogP contribution in [0.5, 0.6) is 0 Å². The topological polar surface area (TPSA) is 37.2 Å². The average Bonchev–Trinajstić information content (AvgIpc) is 3.21. The smallest absolute Gasteiger partial charge is 0.166 e. The molecule has 0 spiro atoms. The van der Waals surface area contributed by atoms with Gasteiger partial charge in [0.05, 0.1) is 4.70 Å². The van der Waals surface area contributed by atoms with Crippen molar-refractivity contribution >= 4 is 63.0 Å². The highest BCUT2D eigenvalue weighted by Crippen LogP contribution is 2.29. The van der Waals surface area contributed by atoms with Gasteiger partial charge in [0, 0.05) is 38.1 Å². The summed E-state index contributed by atoms with van der Waals surface area (Å²) in [4.78, 5) is 9.17. The van der Waals surface area contributed by atoms with Crippen LogP contribution in [0.1, 0.15) is 18.7 Å². The van der Waals surface area contributed by atoms with Gasteiger partial charge in [-0.05, 0) is 50.0 Å². The lowest BCUT2D eigenvalue weighted by atomic mass is 10.2. The van der Waals surface area contributed by atoms with E-state index in [0.29, 0.717) is 10.3 Å². The Bertz CT molecular complexity index is 918. The van der Waals surface area contributed by atoms with Crippen LogP contribution in [0.2, 0.25) is 10.3 Å². The Labute approximate surface area is 185 Å².